The first kappa shape index (κ1) is 10.9. The van der Waals surface area contributed by atoms with Gasteiger partial charge in [-0.3, -0.25) is 0 Å². The molecule has 1 aliphatic carbocycles. The standard InChI is InChI=1S/C16H13NO/c1-16(2)14-6-4-3-5-12(14)13-9-11(17-10-18)7-8-15(13)16/h3-9H,1-2H3. The minimum Gasteiger partial charge on any atom is -0.211 e. The molecule has 3 rings (SSSR count). The molecule has 0 bridgehead atoms. The number of rotatable bonds is 1. The van der Waals surface area contributed by atoms with Gasteiger partial charge < -0.3 is 0 Å². The van der Waals surface area contributed by atoms with Gasteiger partial charge in [-0.2, -0.15) is 4.99 Å². The van der Waals surface area contributed by atoms with E-state index in [4.69, 9.17) is 0 Å². The van der Waals surface area contributed by atoms with Crippen molar-refractivity contribution in [2.24, 2.45) is 4.99 Å². The topological polar surface area (TPSA) is 29.4 Å². The summed E-state index contributed by atoms with van der Waals surface area (Å²) in [5.74, 6) is 0. The number of isocyanates is 1. The van der Waals surface area contributed by atoms with Crippen molar-refractivity contribution in [3.05, 3.63) is 53.6 Å². The van der Waals surface area contributed by atoms with E-state index in [1.54, 1.807) is 6.08 Å². The third-order valence-electron chi connectivity index (χ3n) is 3.74. The highest BCUT2D eigenvalue weighted by molar-refractivity contribution is 5.82. The average molecular weight is 235 g/mol. The zero-order chi connectivity index (χ0) is 12.8. The molecule has 88 valence electrons. The molecule has 2 aromatic carbocycles. The first-order valence-corrected chi connectivity index (χ1v) is 5.97. The molecule has 0 atom stereocenters. The van der Waals surface area contributed by atoms with E-state index in [-0.39, 0.29) is 5.41 Å². The molecule has 2 nitrogen and oxygen atoms in total. The van der Waals surface area contributed by atoms with Crippen molar-refractivity contribution >= 4 is 11.8 Å². The Bertz CT molecular complexity index is 679. The molecule has 0 saturated carbocycles. The number of carbonyl (C=O) groups excluding carboxylic acids is 1. The van der Waals surface area contributed by atoms with Crippen molar-refractivity contribution in [3.8, 4) is 11.1 Å². The van der Waals surface area contributed by atoms with Crippen LogP contribution in [0.2, 0.25) is 0 Å². The first-order chi connectivity index (χ1) is 8.64. The van der Waals surface area contributed by atoms with Crippen molar-refractivity contribution in [1.29, 1.82) is 0 Å². The third-order valence-corrected chi connectivity index (χ3v) is 3.74. The maximum Gasteiger partial charge on any atom is 0.240 e. The molecule has 1 aliphatic rings. The molecule has 18 heavy (non-hydrogen) atoms. The lowest BCUT2D eigenvalue weighted by molar-refractivity contribution is 0.565. The van der Waals surface area contributed by atoms with Gasteiger partial charge in [0.25, 0.3) is 0 Å². The summed E-state index contributed by atoms with van der Waals surface area (Å²) in [6.07, 6.45) is 1.59. The second kappa shape index (κ2) is 3.66. The highest BCUT2D eigenvalue weighted by Crippen LogP contribution is 2.49. The molecule has 0 amide bonds. The predicted octanol–water partition coefficient (Wildman–Crippen LogP) is 3.96. The van der Waals surface area contributed by atoms with Crippen LogP contribution in [0.15, 0.2) is 47.5 Å². The van der Waals surface area contributed by atoms with E-state index in [0.717, 1.165) is 0 Å². The van der Waals surface area contributed by atoms with Crippen molar-refractivity contribution in [3.63, 3.8) is 0 Å². The smallest absolute Gasteiger partial charge is 0.211 e. The Kier molecular flexibility index (Phi) is 2.22. The van der Waals surface area contributed by atoms with Gasteiger partial charge in [0.2, 0.25) is 6.08 Å². The molecule has 0 aromatic heterocycles. The summed E-state index contributed by atoms with van der Waals surface area (Å²) in [6.45, 7) is 4.45. The lowest BCUT2D eigenvalue weighted by Gasteiger charge is -2.21. The van der Waals surface area contributed by atoms with Gasteiger partial charge in [0.1, 0.15) is 0 Å². The normalized spacial score (nSPS) is 14.6. The molecule has 2 heteroatoms. The van der Waals surface area contributed by atoms with Crippen molar-refractivity contribution in [1.82, 2.24) is 0 Å². The third kappa shape index (κ3) is 1.36. The van der Waals surface area contributed by atoms with Crippen molar-refractivity contribution < 1.29 is 4.79 Å². The van der Waals surface area contributed by atoms with Crippen molar-refractivity contribution in [2.45, 2.75) is 19.3 Å². The van der Waals surface area contributed by atoms with Gasteiger partial charge in [-0.05, 0) is 34.4 Å². The van der Waals surface area contributed by atoms with Crippen molar-refractivity contribution in [2.75, 3.05) is 0 Å². The number of nitrogens with zero attached hydrogens (tertiary/aromatic N) is 1. The Labute approximate surface area is 106 Å². The Balaban J connectivity index is 2.33. The largest absolute Gasteiger partial charge is 0.240 e. The lowest BCUT2D eigenvalue weighted by atomic mass is 9.82. The average Bonchev–Trinajstić information content (AvgIpc) is 2.60. The van der Waals surface area contributed by atoms with Crippen LogP contribution in [0.3, 0.4) is 0 Å². The zero-order valence-corrected chi connectivity index (χ0v) is 10.4. The van der Waals surface area contributed by atoms with E-state index in [2.05, 4.69) is 43.1 Å². The van der Waals surface area contributed by atoms with E-state index in [9.17, 15) is 4.79 Å². The summed E-state index contributed by atoms with van der Waals surface area (Å²) < 4.78 is 0. The Hall–Kier alpha value is -2.18. The van der Waals surface area contributed by atoms with Gasteiger partial charge in [0.05, 0.1) is 5.69 Å². The second-order valence-corrected chi connectivity index (χ2v) is 5.10. The van der Waals surface area contributed by atoms with Gasteiger partial charge >= 0.3 is 0 Å². The van der Waals surface area contributed by atoms with Crippen LogP contribution in [0.4, 0.5) is 5.69 Å². The quantitative estimate of drug-likeness (QED) is 0.543. The Morgan fingerprint density at radius 3 is 2.50 bits per heavy atom. The van der Waals surface area contributed by atoms with Gasteiger partial charge in [-0.15, -0.1) is 0 Å². The molecular weight excluding hydrogens is 222 g/mol. The number of aliphatic imine (C=N–C) groups is 1. The number of fused-ring (bicyclic) bond motifs is 3. The van der Waals surface area contributed by atoms with Crippen LogP contribution < -0.4 is 0 Å². The monoisotopic (exact) mass is 235 g/mol. The summed E-state index contributed by atoms with van der Waals surface area (Å²) >= 11 is 0. The molecule has 0 N–H and O–H groups in total. The second-order valence-electron chi connectivity index (χ2n) is 5.10. The summed E-state index contributed by atoms with van der Waals surface area (Å²) in [5.41, 5.74) is 5.69. The van der Waals surface area contributed by atoms with E-state index in [1.165, 1.54) is 22.3 Å². The lowest BCUT2D eigenvalue weighted by Crippen LogP contribution is -2.14. The fourth-order valence-electron chi connectivity index (χ4n) is 2.83. The minimum absolute atomic E-state index is 0.00928. The molecule has 0 spiro atoms. The molecule has 0 radical (unpaired) electrons. The van der Waals surface area contributed by atoms with Gasteiger partial charge in [0.15, 0.2) is 0 Å². The van der Waals surface area contributed by atoms with Crippen LogP contribution in [0.25, 0.3) is 11.1 Å². The van der Waals surface area contributed by atoms with E-state index in [1.807, 2.05) is 18.2 Å². The van der Waals surface area contributed by atoms with Crippen LogP contribution >= 0.6 is 0 Å². The molecule has 0 fully saturated rings. The maximum atomic E-state index is 10.4. The maximum absolute atomic E-state index is 10.4. The highest BCUT2D eigenvalue weighted by atomic mass is 16.1. The molecular formula is C16H13NO. The summed E-state index contributed by atoms with van der Waals surface area (Å²) in [5, 5.41) is 0. The highest BCUT2D eigenvalue weighted by Gasteiger charge is 2.34. The van der Waals surface area contributed by atoms with Gasteiger partial charge in [-0.1, -0.05) is 44.2 Å². The fraction of sp³-hybridized carbons (Fsp3) is 0.188. The number of benzene rings is 2. The SMILES string of the molecule is CC1(C)c2ccccc2-c2cc(N=C=O)ccc21. The van der Waals surface area contributed by atoms with E-state index in [0.29, 0.717) is 5.69 Å². The molecule has 0 saturated heterocycles. The zero-order valence-electron chi connectivity index (χ0n) is 10.4. The summed E-state index contributed by atoms with van der Waals surface area (Å²) in [4.78, 5) is 14.1. The van der Waals surface area contributed by atoms with E-state index < -0.39 is 0 Å². The van der Waals surface area contributed by atoms with Crippen LogP contribution in [0.1, 0.15) is 25.0 Å². The number of hydrogen-bond acceptors (Lipinski definition) is 2. The fourth-order valence-corrected chi connectivity index (χ4v) is 2.83. The number of hydrogen-bond donors (Lipinski definition) is 0. The Morgan fingerprint density at radius 2 is 1.72 bits per heavy atom. The first-order valence-electron chi connectivity index (χ1n) is 5.97. The molecule has 0 aliphatic heterocycles. The summed E-state index contributed by atoms with van der Waals surface area (Å²) in [6, 6.07) is 14.3. The molecule has 0 heterocycles. The van der Waals surface area contributed by atoms with Crippen LogP contribution in [0, 0.1) is 0 Å². The molecule has 0 unspecified atom stereocenters. The Morgan fingerprint density at radius 1 is 1.00 bits per heavy atom. The predicted molar refractivity (Wildman–Crippen MR) is 71.8 cm³/mol. The van der Waals surface area contributed by atoms with Crippen LogP contribution in [0.5, 0.6) is 0 Å². The van der Waals surface area contributed by atoms with E-state index >= 15 is 0 Å². The van der Waals surface area contributed by atoms with Crippen LogP contribution in [-0.4, -0.2) is 6.08 Å². The minimum atomic E-state index is 0.00928. The molecule has 2 aromatic rings. The van der Waals surface area contributed by atoms with Gasteiger partial charge in [-0.25, -0.2) is 4.79 Å². The summed E-state index contributed by atoms with van der Waals surface area (Å²) in [7, 11) is 0. The van der Waals surface area contributed by atoms with Crippen LogP contribution in [-0.2, 0) is 10.2 Å². The van der Waals surface area contributed by atoms with Gasteiger partial charge in [0, 0.05) is 5.41 Å².